The molecule has 0 bridgehead atoms. The number of carbonyl (C=O) groups is 1. The van der Waals surface area contributed by atoms with E-state index in [1.54, 1.807) is 6.92 Å². The summed E-state index contributed by atoms with van der Waals surface area (Å²) < 4.78 is 2.03. The molecule has 154 valence electrons. The molecular formula is C21H28N6OS. The van der Waals surface area contributed by atoms with Crippen molar-refractivity contribution in [2.45, 2.75) is 50.9 Å². The van der Waals surface area contributed by atoms with E-state index in [-0.39, 0.29) is 17.6 Å². The molecule has 2 aromatic rings. The molecule has 0 spiro atoms. The van der Waals surface area contributed by atoms with Crippen LogP contribution < -0.4 is 5.32 Å². The van der Waals surface area contributed by atoms with Crippen LogP contribution in [0.1, 0.15) is 39.4 Å². The van der Waals surface area contributed by atoms with E-state index in [1.165, 1.54) is 24.6 Å². The Morgan fingerprint density at radius 2 is 1.97 bits per heavy atom. The Labute approximate surface area is 176 Å². The predicted molar refractivity (Wildman–Crippen MR) is 114 cm³/mol. The minimum Gasteiger partial charge on any atom is -0.337 e. The number of benzene rings is 1. The number of hydrogen-bond donors (Lipinski definition) is 1. The molecule has 1 saturated heterocycles. The third kappa shape index (κ3) is 5.17. The lowest BCUT2D eigenvalue weighted by Gasteiger charge is -2.27. The van der Waals surface area contributed by atoms with E-state index in [1.807, 2.05) is 48.7 Å². The number of likely N-dealkylation sites (tertiary alicyclic amines) is 1. The second kappa shape index (κ2) is 9.42. The number of thioether (sulfide) groups is 1. The van der Waals surface area contributed by atoms with Gasteiger partial charge in [0, 0.05) is 5.69 Å². The van der Waals surface area contributed by atoms with E-state index in [0.717, 1.165) is 31.1 Å². The van der Waals surface area contributed by atoms with Crippen molar-refractivity contribution in [2.24, 2.45) is 5.92 Å². The van der Waals surface area contributed by atoms with Gasteiger partial charge in [0.2, 0.25) is 5.91 Å². The fraction of sp³-hybridized carbons (Fsp3) is 0.524. The third-order valence-corrected chi connectivity index (χ3v) is 6.33. The van der Waals surface area contributed by atoms with Crippen LogP contribution in [0.4, 0.5) is 0 Å². The molecule has 8 heteroatoms. The Morgan fingerprint density at radius 3 is 2.59 bits per heavy atom. The van der Waals surface area contributed by atoms with Gasteiger partial charge in [-0.15, -0.1) is 10.2 Å². The second-order valence-electron chi connectivity index (χ2n) is 7.86. The topological polar surface area (TPSA) is 86.8 Å². The van der Waals surface area contributed by atoms with Crippen molar-refractivity contribution >= 4 is 17.7 Å². The molecule has 2 heterocycles. The number of amides is 1. The van der Waals surface area contributed by atoms with Crippen LogP contribution in [0.5, 0.6) is 0 Å². The maximum Gasteiger partial charge on any atom is 0.231 e. The van der Waals surface area contributed by atoms with Crippen LogP contribution in [0.25, 0.3) is 5.69 Å². The minimum atomic E-state index is -0.883. The van der Waals surface area contributed by atoms with Gasteiger partial charge < -0.3 is 5.32 Å². The van der Waals surface area contributed by atoms with E-state index in [0.29, 0.717) is 5.16 Å². The van der Waals surface area contributed by atoms with Crippen molar-refractivity contribution < 1.29 is 4.79 Å². The van der Waals surface area contributed by atoms with Crippen molar-refractivity contribution in [3.63, 3.8) is 0 Å². The number of nitriles is 1. The standard InChI is InChI=1S/C21H28N6OS/c1-16(2)21(3,15-22)23-19(28)14-29-20-25-24-18(13-26-11-7-8-12-26)27(20)17-9-5-4-6-10-17/h4-6,9-10,16H,7-8,11-14H2,1-3H3,(H,23,28). The van der Waals surface area contributed by atoms with Gasteiger partial charge in [0.15, 0.2) is 11.0 Å². The molecule has 1 aliphatic heterocycles. The summed E-state index contributed by atoms with van der Waals surface area (Å²) in [6.07, 6.45) is 2.43. The quantitative estimate of drug-likeness (QED) is 0.671. The largest absolute Gasteiger partial charge is 0.337 e. The first kappa shape index (κ1) is 21.3. The molecule has 29 heavy (non-hydrogen) atoms. The van der Waals surface area contributed by atoms with Crippen molar-refractivity contribution in [3.8, 4) is 11.8 Å². The van der Waals surface area contributed by atoms with Gasteiger partial charge in [-0.3, -0.25) is 14.3 Å². The molecule has 1 atom stereocenters. The average molecular weight is 413 g/mol. The molecule has 0 radical (unpaired) electrons. The minimum absolute atomic E-state index is 0.0153. The lowest BCUT2D eigenvalue weighted by atomic mass is 9.90. The van der Waals surface area contributed by atoms with E-state index in [4.69, 9.17) is 0 Å². The van der Waals surface area contributed by atoms with Gasteiger partial charge in [0.05, 0.1) is 18.4 Å². The Morgan fingerprint density at radius 1 is 1.28 bits per heavy atom. The van der Waals surface area contributed by atoms with Gasteiger partial charge >= 0.3 is 0 Å². The summed E-state index contributed by atoms with van der Waals surface area (Å²) in [5.74, 6) is 0.890. The zero-order chi connectivity index (χ0) is 20.9. The number of aromatic nitrogens is 3. The molecule has 1 fully saturated rings. The first-order valence-corrected chi connectivity index (χ1v) is 11.0. The molecule has 1 aromatic carbocycles. The fourth-order valence-corrected chi connectivity index (χ4v) is 4.00. The summed E-state index contributed by atoms with van der Waals surface area (Å²) in [5, 5.41) is 21.7. The fourth-order valence-electron chi connectivity index (χ4n) is 3.23. The Bertz CT molecular complexity index is 869. The number of hydrogen-bond acceptors (Lipinski definition) is 6. The molecule has 1 aromatic heterocycles. The zero-order valence-corrected chi connectivity index (χ0v) is 18.1. The highest BCUT2D eigenvalue weighted by Gasteiger charge is 2.30. The first-order chi connectivity index (χ1) is 13.9. The maximum absolute atomic E-state index is 12.5. The average Bonchev–Trinajstić information content (AvgIpc) is 3.37. The first-order valence-electron chi connectivity index (χ1n) is 10.00. The predicted octanol–water partition coefficient (Wildman–Crippen LogP) is 3.01. The summed E-state index contributed by atoms with van der Waals surface area (Å²) in [4.78, 5) is 14.9. The highest BCUT2D eigenvalue weighted by atomic mass is 32.2. The number of rotatable bonds is 8. The number of para-hydroxylation sites is 1. The van der Waals surface area contributed by atoms with Gasteiger partial charge in [0.25, 0.3) is 0 Å². The van der Waals surface area contributed by atoms with Crippen LogP contribution in [-0.4, -0.2) is 50.0 Å². The summed E-state index contributed by atoms with van der Waals surface area (Å²) in [6, 6.07) is 12.2. The Balaban J connectivity index is 1.76. The lowest BCUT2D eigenvalue weighted by molar-refractivity contribution is -0.120. The summed E-state index contributed by atoms with van der Waals surface area (Å²) in [7, 11) is 0. The number of nitrogens with zero attached hydrogens (tertiary/aromatic N) is 5. The van der Waals surface area contributed by atoms with Crippen molar-refractivity contribution in [1.29, 1.82) is 5.26 Å². The van der Waals surface area contributed by atoms with Crippen LogP contribution in [0, 0.1) is 17.2 Å². The van der Waals surface area contributed by atoms with Crippen LogP contribution in [0.15, 0.2) is 35.5 Å². The smallest absolute Gasteiger partial charge is 0.231 e. The second-order valence-corrected chi connectivity index (χ2v) is 8.80. The van der Waals surface area contributed by atoms with Gasteiger partial charge in [-0.25, -0.2) is 0 Å². The highest BCUT2D eigenvalue weighted by molar-refractivity contribution is 7.99. The van der Waals surface area contributed by atoms with Crippen molar-refractivity contribution in [1.82, 2.24) is 25.0 Å². The normalized spacial score (nSPS) is 16.5. The van der Waals surface area contributed by atoms with E-state index >= 15 is 0 Å². The van der Waals surface area contributed by atoms with Crippen LogP contribution in [0.3, 0.4) is 0 Å². The highest BCUT2D eigenvalue weighted by Crippen LogP contribution is 2.24. The Hall–Kier alpha value is -2.37. The monoisotopic (exact) mass is 412 g/mol. The zero-order valence-electron chi connectivity index (χ0n) is 17.3. The van der Waals surface area contributed by atoms with Crippen molar-refractivity contribution in [3.05, 3.63) is 36.2 Å². The van der Waals surface area contributed by atoms with E-state index in [9.17, 15) is 10.1 Å². The summed E-state index contributed by atoms with van der Waals surface area (Å²) in [6.45, 7) is 8.50. The molecule has 0 saturated carbocycles. The van der Waals surface area contributed by atoms with Gasteiger partial charge in [-0.2, -0.15) is 5.26 Å². The van der Waals surface area contributed by atoms with Crippen LogP contribution in [0.2, 0.25) is 0 Å². The number of nitrogens with one attached hydrogen (secondary N) is 1. The molecular weight excluding hydrogens is 384 g/mol. The molecule has 3 rings (SSSR count). The van der Waals surface area contributed by atoms with Crippen LogP contribution in [-0.2, 0) is 11.3 Å². The van der Waals surface area contributed by atoms with Gasteiger partial charge in [-0.1, -0.05) is 43.8 Å². The Kier molecular flexibility index (Phi) is 6.93. The van der Waals surface area contributed by atoms with Crippen LogP contribution >= 0.6 is 11.8 Å². The third-order valence-electron chi connectivity index (χ3n) is 5.40. The molecule has 1 amide bonds. The lowest BCUT2D eigenvalue weighted by Crippen LogP contribution is -2.49. The van der Waals surface area contributed by atoms with Gasteiger partial charge in [-0.05, 0) is 50.9 Å². The summed E-state index contributed by atoms with van der Waals surface area (Å²) in [5.41, 5.74) is 0.102. The van der Waals surface area contributed by atoms with Crippen molar-refractivity contribution in [2.75, 3.05) is 18.8 Å². The SMILES string of the molecule is CC(C)C(C)(C#N)NC(=O)CSc1nnc(CN2CCCC2)n1-c1ccccc1. The molecule has 1 aliphatic rings. The summed E-state index contributed by atoms with van der Waals surface area (Å²) >= 11 is 1.34. The molecule has 7 nitrogen and oxygen atoms in total. The number of carbonyl (C=O) groups excluding carboxylic acids is 1. The maximum atomic E-state index is 12.5. The molecule has 1 N–H and O–H groups in total. The molecule has 0 aliphatic carbocycles. The van der Waals surface area contributed by atoms with E-state index < -0.39 is 5.54 Å². The molecule has 1 unspecified atom stereocenters. The van der Waals surface area contributed by atoms with Gasteiger partial charge in [0.1, 0.15) is 5.54 Å². The van der Waals surface area contributed by atoms with E-state index in [2.05, 4.69) is 26.5 Å².